The number of methoxy groups -OCH3 is 1. The summed E-state index contributed by atoms with van der Waals surface area (Å²) in [4.78, 5) is 2.22. The molecule has 0 aliphatic carbocycles. The van der Waals surface area contributed by atoms with Crippen molar-refractivity contribution in [3.63, 3.8) is 0 Å². The Hall–Kier alpha value is -1.66. The molecular weight excluding hydrogens is 284 g/mol. The predicted molar refractivity (Wildman–Crippen MR) is 86.9 cm³/mol. The Labute approximate surface area is 130 Å². The molecule has 21 heavy (non-hydrogen) atoms. The highest BCUT2D eigenvalue weighted by Gasteiger charge is 2.10. The molecule has 0 aliphatic heterocycles. The number of hydrogen-bond acceptors (Lipinski definition) is 6. The second kappa shape index (κ2) is 7.95. The van der Waals surface area contributed by atoms with Crippen LogP contribution in [-0.2, 0) is 13.1 Å². The second-order valence-electron chi connectivity index (χ2n) is 5.00. The zero-order valence-electron chi connectivity index (χ0n) is 12.8. The number of nitrogens with one attached hydrogen (secondary N) is 1. The monoisotopic (exact) mass is 306 g/mol. The van der Waals surface area contributed by atoms with Gasteiger partial charge in [-0.2, -0.15) is 0 Å². The Kier molecular flexibility index (Phi) is 5.95. The Bertz CT molecular complexity index is 558. The average molecular weight is 306 g/mol. The summed E-state index contributed by atoms with van der Waals surface area (Å²) < 4.78 is 9.30. The van der Waals surface area contributed by atoms with Crippen molar-refractivity contribution in [1.29, 1.82) is 0 Å². The molecule has 2 rings (SSSR count). The van der Waals surface area contributed by atoms with Gasteiger partial charge in [0.25, 0.3) is 0 Å². The maximum Gasteiger partial charge on any atom is 0.134 e. The molecule has 0 spiro atoms. The number of aromatic nitrogens is 2. The van der Waals surface area contributed by atoms with E-state index in [9.17, 15) is 0 Å². The van der Waals surface area contributed by atoms with Gasteiger partial charge in [0.1, 0.15) is 16.4 Å². The van der Waals surface area contributed by atoms with Crippen LogP contribution in [0.4, 0.5) is 5.00 Å². The van der Waals surface area contributed by atoms with Crippen LogP contribution >= 0.6 is 11.5 Å². The van der Waals surface area contributed by atoms with Crippen molar-refractivity contribution in [1.82, 2.24) is 14.5 Å². The fourth-order valence-electron chi connectivity index (χ4n) is 2.08. The lowest BCUT2D eigenvalue weighted by Gasteiger charge is -2.16. The van der Waals surface area contributed by atoms with Gasteiger partial charge in [-0.05, 0) is 31.2 Å². The van der Waals surface area contributed by atoms with E-state index in [2.05, 4.69) is 45.9 Å². The summed E-state index contributed by atoms with van der Waals surface area (Å²) in [5, 5.41) is 8.68. The smallest absolute Gasteiger partial charge is 0.134 e. The SMILES string of the molecule is CCCNc1snnc1CN(C)Cc1cccc(OC)c1. The summed E-state index contributed by atoms with van der Waals surface area (Å²) in [7, 11) is 3.78. The highest BCUT2D eigenvalue weighted by atomic mass is 32.1. The van der Waals surface area contributed by atoms with E-state index in [-0.39, 0.29) is 0 Å². The lowest BCUT2D eigenvalue weighted by molar-refractivity contribution is 0.314. The second-order valence-corrected chi connectivity index (χ2v) is 5.75. The molecule has 1 N–H and O–H groups in total. The van der Waals surface area contributed by atoms with Crippen molar-refractivity contribution in [2.45, 2.75) is 26.4 Å². The van der Waals surface area contributed by atoms with E-state index < -0.39 is 0 Å². The van der Waals surface area contributed by atoms with E-state index >= 15 is 0 Å². The van der Waals surface area contributed by atoms with Crippen LogP contribution in [0.3, 0.4) is 0 Å². The molecule has 0 unspecified atom stereocenters. The number of anilines is 1. The van der Waals surface area contributed by atoms with Crippen molar-refractivity contribution in [2.75, 3.05) is 26.0 Å². The molecule has 0 saturated heterocycles. The van der Waals surface area contributed by atoms with Crippen molar-refractivity contribution >= 4 is 16.5 Å². The maximum absolute atomic E-state index is 5.26. The first-order valence-corrected chi connectivity index (χ1v) is 7.86. The predicted octanol–water partition coefficient (Wildman–Crippen LogP) is 3.00. The van der Waals surface area contributed by atoms with Crippen LogP contribution in [0.15, 0.2) is 24.3 Å². The third-order valence-corrected chi connectivity index (χ3v) is 3.82. The fraction of sp³-hybridized carbons (Fsp3) is 0.467. The van der Waals surface area contributed by atoms with Gasteiger partial charge in [-0.1, -0.05) is 23.5 Å². The molecule has 114 valence electrons. The van der Waals surface area contributed by atoms with Crippen molar-refractivity contribution in [3.05, 3.63) is 35.5 Å². The molecule has 0 atom stereocenters. The lowest BCUT2D eigenvalue weighted by Crippen LogP contribution is -2.18. The molecule has 0 fully saturated rings. The van der Waals surface area contributed by atoms with E-state index in [0.717, 1.165) is 42.5 Å². The molecule has 0 radical (unpaired) electrons. The van der Waals surface area contributed by atoms with E-state index in [1.54, 1.807) is 7.11 Å². The minimum absolute atomic E-state index is 0.778. The van der Waals surface area contributed by atoms with Crippen LogP contribution in [0.1, 0.15) is 24.6 Å². The summed E-state index contributed by atoms with van der Waals surface area (Å²) in [5.41, 5.74) is 2.24. The van der Waals surface area contributed by atoms with Gasteiger partial charge in [-0.25, -0.2) is 0 Å². The molecule has 0 amide bonds. The maximum atomic E-state index is 5.26. The molecule has 0 aliphatic rings. The molecule has 1 heterocycles. The van der Waals surface area contributed by atoms with Crippen molar-refractivity contribution < 1.29 is 4.74 Å². The Morgan fingerprint density at radius 2 is 2.19 bits per heavy atom. The number of benzene rings is 1. The lowest BCUT2D eigenvalue weighted by atomic mass is 10.2. The highest BCUT2D eigenvalue weighted by molar-refractivity contribution is 7.10. The third-order valence-electron chi connectivity index (χ3n) is 3.10. The summed E-state index contributed by atoms with van der Waals surface area (Å²) >= 11 is 1.42. The standard InChI is InChI=1S/C15H22N4OS/c1-4-8-16-15-14(17-18-21-15)11-19(2)10-12-6-5-7-13(9-12)20-3/h5-7,9,16H,4,8,10-11H2,1-3H3. The summed E-state index contributed by atoms with van der Waals surface area (Å²) in [6, 6.07) is 8.14. The third kappa shape index (κ3) is 4.68. The summed E-state index contributed by atoms with van der Waals surface area (Å²) in [6.07, 6.45) is 1.09. The Balaban J connectivity index is 1.94. The van der Waals surface area contributed by atoms with Gasteiger partial charge in [-0.3, -0.25) is 4.90 Å². The molecule has 0 bridgehead atoms. The van der Waals surface area contributed by atoms with E-state index in [1.807, 2.05) is 12.1 Å². The van der Waals surface area contributed by atoms with Gasteiger partial charge >= 0.3 is 0 Å². The average Bonchev–Trinajstić information content (AvgIpc) is 2.92. The van der Waals surface area contributed by atoms with Gasteiger partial charge in [-0.15, -0.1) is 5.10 Å². The molecule has 5 nitrogen and oxygen atoms in total. The van der Waals surface area contributed by atoms with Gasteiger partial charge in [0, 0.05) is 31.2 Å². The van der Waals surface area contributed by atoms with E-state index in [0.29, 0.717) is 0 Å². The number of ether oxygens (including phenoxy) is 1. The van der Waals surface area contributed by atoms with Crippen LogP contribution in [0.5, 0.6) is 5.75 Å². The van der Waals surface area contributed by atoms with Gasteiger partial charge in [0.05, 0.1) is 7.11 Å². The number of nitrogens with zero attached hydrogens (tertiary/aromatic N) is 3. The van der Waals surface area contributed by atoms with Gasteiger partial charge in [0.2, 0.25) is 0 Å². The summed E-state index contributed by atoms with van der Waals surface area (Å²) in [6.45, 7) is 4.73. The van der Waals surface area contributed by atoms with Crippen LogP contribution < -0.4 is 10.1 Å². The number of hydrogen-bond donors (Lipinski definition) is 1. The van der Waals surface area contributed by atoms with Gasteiger partial charge < -0.3 is 10.1 Å². The van der Waals surface area contributed by atoms with Crippen molar-refractivity contribution in [2.24, 2.45) is 0 Å². The largest absolute Gasteiger partial charge is 0.497 e. The van der Waals surface area contributed by atoms with Crippen LogP contribution in [-0.4, -0.2) is 35.2 Å². The van der Waals surface area contributed by atoms with Crippen LogP contribution in [0.25, 0.3) is 0 Å². The quantitative estimate of drug-likeness (QED) is 0.812. The first kappa shape index (κ1) is 15.7. The topological polar surface area (TPSA) is 50.3 Å². The van der Waals surface area contributed by atoms with E-state index in [1.165, 1.54) is 17.1 Å². The number of rotatable bonds is 8. The minimum Gasteiger partial charge on any atom is -0.497 e. The zero-order valence-corrected chi connectivity index (χ0v) is 13.6. The molecule has 0 saturated carbocycles. The first-order chi connectivity index (χ1) is 10.2. The van der Waals surface area contributed by atoms with Crippen LogP contribution in [0, 0.1) is 0 Å². The Morgan fingerprint density at radius 3 is 2.95 bits per heavy atom. The molecule has 6 heteroatoms. The van der Waals surface area contributed by atoms with Crippen LogP contribution in [0.2, 0.25) is 0 Å². The molecule has 2 aromatic rings. The zero-order chi connectivity index (χ0) is 15.1. The molecule has 1 aromatic carbocycles. The van der Waals surface area contributed by atoms with Crippen molar-refractivity contribution in [3.8, 4) is 5.75 Å². The normalized spacial score (nSPS) is 10.9. The fourth-order valence-corrected chi connectivity index (χ4v) is 2.68. The molecule has 1 aromatic heterocycles. The van der Waals surface area contributed by atoms with E-state index in [4.69, 9.17) is 4.74 Å². The Morgan fingerprint density at radius 1 is 1.33 bits per heavy atom. The first-order valence-electron chi connectivity index (χ1n) is 7.09. The highest BCUT2D eigenvalue weighted by Crippen LogP contribution is 2.20. The molecular formula is C15H22N4OS. The summed E-state index contributed by atoms with van der Waals surface area (Å²) in [5.74, 6) is 0.890. The van der Waals surface area contributed by atoms with Gasteiger partial charge in [0.15, 0.2) is 0 Å². The minimum atomic E-state index is 0.778.